The number of nitrogens with two attached hydrogens (primary N) is 1. The van der Waals surface area contributed by atoms with E-state index in [4.69, 9.17) is 17.3 Å². The lowest BCUT2D eigenvalue weighted by atomic mass is 9.94. The van der Waals surface area contributed by atoms with Gasteiger partial charge >= 0.3 is 0 Å². The summed E-state index contributed by atoms with van der Waals surface area (Å²) < 4.78 is 0.847. The third-order valence-corrected chi connectivity index (χ3v) is 4.16. The fraction of sp³-hybridized carbons (Fsp3) is 0.286. The fourth-order valence-corrected chi connectivity index (χ4v) is 3.05. The molecule has 1 unspecified atom stereocenters. The quantitative estimate of drug-likeness (QED) is 0.889. The smallest absolute Gasteiger partial charge is 0.0931 e. The van der Waals surface area contributed by atoms with Gasteiger partial charge in [-0.2, -0.15) is 0 Å². The third-order valence-electron chi connectivity index (χ3n) is 2.91. The van der Waals surface area contributed by atoms with Crippen LogP contribution in [0.3, 0.4) is 0 Å². The molecule has 0 saturated carbocycles. The second kappa shape index (κ2) is 5.67. The first-order chi connectivity index (χ1) is 8.19. The van der Waals surface area contributed by atoms with Gasteiger partial charge in [-0.15, -0.1) is 11.3 Å². The van der Waals surface area contributed by atoms with Crippen molar-refractivity contribution in [2.75, 3.05) is 6.54 Å². The summed E-state index contributed by atoms with van der Waals surface area (Å²) in [5, 5.41) is 0. The Bertz CT molecular complexity index is 475. The zero-order valence-electron chi connectivity index (χ0n) is 9.82. The number of thiophene rings is 1. The Morgan fingerprint density at radius 1 is 1.18 bits per heavy atom. The monoisotopic (exact) mass is 265 g/mol. The highest BCUT2D eigenvalue weighted by molar-refractivity contribution is 7.16. The molecule has 1 aromatic carbocycles. The Hall–Kier alpha value is -0.830. The Balaban J connectivity index is 2.13. The molecule has 1 nitrogen and oxygen atoms in total. The number of benzene rings is 1. The minimum absolute atomic E-state index is 0.380. The predicted molar refractivity (Wildman–Crippen MR) is 76.0 cm³/mol. The first-order valence-electron chi connectivity index (χ1n) is 5.70. The van der Waals surface area contributed by atoms with Crippen LogP contribution in [-0.2, 0) is 6.42 Å². The Morgan fingerprint density at radius 3 is 2.41 bits per heavy atom. The van der Waals surface area contributed by atoms with Crippen LogP contribution in [0.15, 0.2) is 36.4 Å². The average molecular weight is 266 g/mol. The lowest BCUT2D eigenvalue weighted by Gasteiger charge is -2.14. The van der Waals surface area contributed by atoms with Crippen molar-refractivity contribution in [2.45, 2.75) is 19.3 Å². The number of hydrogen-bond donors (Lipinski definition) is 1. The van der Waals surface area contributed by atoms with E-state index in [1.54, 1.807) is 11.3 Å². The van der Waals surface area contributed by atoms with Gasteiger partial charge in [0.25, 0.3) is 0 Å². The van der Waals surface area contributed by atoms with Crippen LogP contribution >= 0.6 is 22.9 Å². The molecule has 0 saturated heterocycles. The summed E-state index contributed by atoms with van der Waals surface area (Å²) in [6, 6.07) is 12.6. The van der Waals surface area contributed by atoms with E-state index in [0.717, 1.165) is 10.8 Å². The molecule has 1 heterocycles. The zero-order valence-corrected chi connectivity index (χ0v) is 11.4. The van der Waals surface area contributed by atoms with Crippen LogP contribution in [-0.4, -0.2) is 6.54 Å². The van der Waals surface area contributed by atoms with Crippen LogP contribution in [0.25, 0.3) is 0 Å². The lowest BCUT2D eigenvalue weighted by Crippen LogP contribution is -2.14. The molecule has 1 atom stereocenters. The zero-order chi connectivity index (χ0) is 12.3. The molecule has 3 heteroatoms. The SMILES string of the molecule is Cc1ccc(C(CN)Cc2ccc(Cl)s2)cc1. The van der Waals surface area contributed by atoms with E-state index in [0.29, 0.717) is 12.5 Å². The van der Waals surface area contributed by atoms with Crippen molar-refractivity contribution in [3.05, 3.63) is 56.7 Å². The molecule has 17 heavy (non-hydrogen) atoms. The summed E-state index contributed by atoms with van der Waals surface area (Å²) in [6.45, 7) is 2.76. The highest BCUT2D eigenvalue weighted by Crippen LogP contribution is 2.27. The van der Waals surface area contributed by atoms with Crippen molar-refractivity contribution in [1.29, 1.82) is 0 Å². The predicted octanol–water partition coefficient (Wildman–Crippen LogP) is 3.99. The van der Waals surface area contributed by atoms with Crippen LogP contribution in [0.4, 0.5) is 0 Å². The molecule has 0 bridgehead atoms. The molecule has 90 valence electrons. The van der Waals surface area contributed by atoms with Gasteiger partial charge in [0.15, 0.2) is 0 Å². The first kappa shape index (κ1) is 12.6. The molecule has 1 aromatic heterocycles. The molecular weight excluding hydrogens is 250 g/mol. The van der Waals surface area contributed by atoms with Crippen LogP contribution in [0.1, 0.15) is 21.9 Å². The Labute approximate surface area is 111 Å². The molecule has 0 radical (unpaired) electrons. The van der Waals surface area contributed by atoms with E-state index in [1.165, 1.54) is 16.0 Å². The van der Waals surface area contributed by atoms with E-state index in [2.05, 4.69) is 37.3 Å². The molecule has 0 aliphatic carbocycles. The Kier molecular flexibility index (Phi) is 4.21. The van der Waals surface area contributed by atoms with Crippen molar-refractivity contribution in [2.24, 2.45) is 5.73 Å². The average Bonchev–Trinajstić information content (AvgIpc) is 2.73. The summed E-state index contributed by atoms with van der Waals surface area (Å²) in [6.07, 6.45) is 0.969. The number of halogens is 1. The highest BCUT2D eigenvalue weighted by Gasteiger charge is 2.11. The van der Waals surface area contributed by atoms with Gasteiger partial charge in [0.2, 0.25) is 0 Å². The first-order valence-corrected chi connectivity index (χ1v) is 6.89. The lowest BCUT2D eigenvalue weighted by molar-refractivity contribution is 0.701. The summed E-state index contributed by atoms with van der Waals surface area (Å²) >= 11 is 7.58. The molecular formula is C14H16ClNS. The molecule has 0 fully saturated rings. The summed E-state index contributed by atoms with van der Waals surface area (Å²) in [7, 11) is 0. The maximum Gasteiger partial charge on any atom is 0.0931 e. The minimum Gasteiger partial charge on any atom is -0.330 e. The summed E-state index contributed by atoms with van der Waals surface area (Å²) in [5.74, 6) is 0.380. The van der Waals surface area contributed by atoms with E-state index in [-0.39, 0.29) is 0 Å². The molecule has 2 aromatic rings. The highest BCUT2D eigenvalue weighted by atomic mass is 35.5. The minimum atomic E-state index is 0.380. The van der Waals surface area contributed by atoms with Crippen molar-refractivity contribution < 1.29 is 0 Å². The van der Waals surface area contributed by atoms with Gasteiger partial charge in [-0.1, -0.05) is 41.4 Å². The van der Waals surface area contributed by atoms with Gasteiger partial charge < -0.3 is 5.73 Å². The third kappa shape index (κ3) is 3.32. The van der Waals surface area contributed by atoms with Gasteiger partial charge in [-0.05, 0) is 37.6 Å². The van der Waals surface area contributed by atoms with Crippen molar-refractivity contribution in [1.82, 2.24) is 0 Å². The van der Waals surface area contributed by atoms with Gasteiger partial charge in [-0.3, -0.25) is 0 Å². The second-order valence-electron chi connectivity index (χ2n) is 4.25. The maximum atomic E-state index is 5.94. The number of rotatable bonds is 4. The normalized spacial score (nSPS) is 12.6. The molecule has 0 aliphatic heterocycles. The largest absolute Gasteiger partial charge is 0.330 e. The second-order valence-corrected chi connectivity index (χ2v) is 6.05. The maximum absolute atomic E-state index is 5.94. The van der Waals surface area contributed by atoms with Crippen molar-refractivity contribution in [3.8, 4) is 0 Å². The van der Waals surface area contributed by atoms with Crippen molar-refractivity contribution in [3.63, 3.8) is 0 Å². The molecule has 0 amide bonds. The van der Waals surface area contributed by atoms with Crippen LogP contribution in [0, 0.1) is 6.92 Å². The van der Waals surface area contributed by atoms with Gasteiger partial charge in [0.05, 0.1) is 4.34 Å². The van der Waals surface area contributed by atoms with Gasteiger partial charge in [-0.25, -0.2) is 0 Å². The van der Waals surface area contributed by atoms with E-state index in [9.17, 15) is 0 Å². The van der Waals surface area contributed by atoms with E-state index < -0.39 is 0 Å². The molecule has 2 N–H and O–H groups in total. The van der Waals surface area contributed by atoms with E-state index >= 15 is 0 Å². The summed E-state index contributed by atoms with van der Waals surface area (Å²) in [5.41, 5.74) is 8.46. The number of hydrogen-bond acceptors (Lipinski definition) is 2. The van der Waals surface area contributed by atoms with E-state index in [1.807, 2.05) is 6.07 Å². The van der Waals surface area contributed by atoms with Crippen LogP contribution in [0.5, 0.6) is 0 Å². The number of aryl methyl sites for hydroxylation is 1. The molecule has 0 aliphatic rings. The Morgan fingerprint density at radius 2 is 1.88 bits per heavy atom. The standard InChI is InChI=1S/C14H16ClNS/c1-10-2-4-11(5-3-10)12(9-16)8-13-6-7-14(15)17-13/h2-7,12H,8-9,16H2,1H3. The van der Waals surface area contributed by atoms with Crippen molar-refractivity contribution >= 4 is 22.9 Å². The molecule has 2 rings (SSSR count). The fourth-order valence-electron chi connectivity index (χ4n) is 1.88. The van der Waals surface area contributed by atoms with Crippen LogP contribution in [0.2, 0.25) is 4.34 Å². The molecule has 0 spiro atoms. The topological polar surface area (TPSA) is 26.0 Å². The van der Waals surface area contributed by atoms with Gasteiger partial charge in [0.1, 0.15) is 0 Å². The summed E-state index contributed by atoms with van der Waals surface area (Å²) in [4.78, 5) is 1.30. The van der Waals surface area contributed by atoms with Gasteiger partial charge in [0, 0.05) is 10.8 Å². The van der Waals surface area contributed by atoms with Crippen LogP contribution < -0.4 is 5.73 Å².